The van der Waals surface area contributed by atoms with Crippen LogP contribution in [0, 0.1) is 12.8 Å². The summed E-state index contributed by atoms with van der Waals surface area (Å²) in [7, 11) is 6.05. The highest BCUT2D eigenvalue weighted by Crippen LogP contribution is 2.36. The number of likely N-dealkylation sites (tertiary alicyclic amines) is 1. The van der Waals surface area contributed by atoms with Crippen LogP contribution in [0.4, 0.5) is 11.4 Å². The van der Waals surface area contributed by atoms with Gasteiger partial charge in [-0.25, -0.2) is 0 Å². The molecule has 3 heterocycles. The summed E-state index contributed by atoms with van der Waals surface area (Å²) >= 11 is 0. The summed E-state index contributed by atoms with van der Waals surface area (Å²) in [5, 5.41) is 3.36. The molecule has 3 aromatic rings. The number of carbonyl (C=O) groups excluding carboxylic acids is 1. The Bertz CT molecular complexity index is 1630. The maximum absolute atomic E-state index is 13.2. The minimum Gasteiger partial charge on any atom is -0.373 e. The zero-order valence-corrected chi connectivity index (χ0v) is 26.0. The average Bonchev–Trinajstić information content (AvgIpc) is 3.00. The van der Waals surface area contributed by atoms with Crippen molar-refractivity contribution in [3.63, 3.8) is 0 Å². The minimum atomic E-state index is -0.192. The highest BCUT2D eigenvalue weighted by atomic mass is 16.1. The van der Waals surface area contributed by atoms with Crippen LogP contribution in [0.1, 0.15) is 67.7 Å². The molecule has 1 aliphatic carbocycles. The van der Waals surface area contributed by atoms with Crippen molar-refractivity contribution < 1.29 is 4.79 Å². The summed E-state index contributed by atoms with van der Waals surface area (Å²) < 4.78 is 1.65. The van der Waals surface area contributed by atoms with Gasteiger partial charge >= 0.3 is 0 Å². The van der Waals surface area contributed by atoms with Crippen molar-refractivity contribution >= 4 is 22.7 Å². The second-order valence-corrected chi connectivity index (χ2v) is 12.7. The number of hydrogen-bond donors (Lipinski definition) is 1. The number of Topliss-reactive ketones (excluding diaryl/α,β-unsaturated/α-hetero) is 1. The van der Waals surface area contributed by atoms with Crippen molar-refractivity contribution in [2.75, 3.05) is 32.5 Å². The summed E-state index contributed by atoms with van der Waals surface area (Å²) in [6, 6.07) is 16.2. The van der Waals surface area contributed by atoms with Crippen LogP contribution in [-0.4, -0.2) is 47.3 Å². The molecule has 2 aromatic carbocycles. The summed E-state index contributed by atoms with van der Waals surface area (Å²) in [6.45, 7) is 4.02. The molecule has 1 saturated carbocycles. The monoisotopic (exact) mass is 576 g/mol. The first-order valence-electron chi connectivity index (χ1n) is 15.8. The van der Waals surface area contributed by atoms with Crippen LogP contribution < -0.4 is 10.9 Å². The van der Waals surface area contributed by atoms with E-state index in [0.29, 0.717) is 18.0 Å². The van der Waals surface area contributed by atoms with Gasteiger partial charge in [-0.1, -0.05) is 55.7 Å². The van der Waals surface area contributed by atoms with Gasteiger partial charge in [0.25, 0.3) is 5.56 Å². The number of nitrogens with zero attached hydrogens (tertiary/aromatic N) is 3. The van der Waals surface area contributed by atoms with Crippen molar-refractivity contribution in [2.24, 2.45) is 13.0 Å². The fourth-order valence-corrected chi connectivity index (χ4v) is 7.34. The van der Waals surface area contributed by atoms with Crippen LogP contribution in [0.2, 0.25) is 0 Å². The van der Waals surface area contributed by atoms with Gasteiger partial charge in [0, 0.05) is 50.2 Å². The van der Waals surface area contributed by atoms with Crippen LogP contribution in [-0.2, 0) is 11.8 Å². The van der Waals surface area contributed by atoms with Gasteiger partial charge in [-0.3, -0.25) is 14.5 Å². The van der Waals surface area contributed by atoms with E-state index in [0.717, 1.165) is 41.9 Å². The van der Waals surface area contributed by atoms with Gasteiger partial charge < -0.3 is 14.8 Å². The van der Waals surface area contributed by atoms with Crippen LogP contribution in [0.25, 0.3) is 16.7 Å². The normalized spacial score (nSPS) is 20.1. The number of anilines is 2. The third-order valence-electron chi connectivity index (χ3n) is 9.69. The molecule has 6 rings (SSSR count). The van der Waals surface area contributed by atoms with E-state index >= 15 is 0 Å². The Morgan fingerprint density at radius 3 is 2.33 bits per heavy atom. The van der Waals surface area contributed by atoms with Crippen molar-refractivity contribution in [1.29, 1.82) is 0 Å². The lowest BCUT2D eigenvalue weighted by Gasteiger charge is -2.35. The molecule has 224 valence electrons. The van der Waals surface area contributed by atoms with Gasteiger partial charge in [0.15, 0.2) is 5.78 Å². The third kappa shape index (κ3) is 5.98. The summed E-state index contributed by atoms with van der Waals surface area (Å²) in [4.78, 5) is 30.3. The number of carbonyl (C=O) groups is 1. The Kier molecular flexibility index (Phi) is 8.40. The van der Waals surface area contributed by atoms with Gasteiger partial charge in [0.05, 0.1) is 6.04 Å². The lowest BCUT2D eigenvalue weighted by atomic mass is 9.84. The number of rotatable bonds is 6. The molecule has 43 heavy (non-hydrogen) atoms. The van der Waals surface area contributed by atoms with Crippen LogP contribution in [0.5, 0.6) is 0 Å². The smallest absolute Gasteiger partial charge is 0.274 e. The van der Waals surface area contributed by atoms with Gasteiger partial charge in [0.1, 0.15) is 5.69 Å². The number of hydrogen-bond acceptors (Lipinski definition) is 5. The Morgan fingerprint density at radius 1 is 0.860 bits per heavy atom. The Balaban J connectivity index is 1.26. The van der Waals surface area contributed by atoms with Crippen molar-refractivity contribution in [3.8, 4) is 11.1 Å². The second-order valence-electron chi connectivity index (χ2n) is 12.7. The third-order valence-corrected chi connectivity index (χ3v) is 9.69. The predicted octanol–water partition coefficient (Wildman–Crippen LogP) is 7.23. The maximum Gasteiger partial charge on any atom is 0.274 e. The van der Waals surface area contributed by atoms with E-state index in [9.17, 15) is 9.59 Å². The van der Waals surface area contributed by atoms with E-state index in [1.165, 1.54) is 54.5 Å². The second kappa shape index (κ2) is 12.4. The fourth-order valence-electron chi connectivity index (χ4n) is 7.34. The number of piperidine rings is 1. The molecule has 0 amide bonds. The van der Waals surface area contributed by atoms with Crippen molar-refractivity contribution in [3.05, 3.63) is 99.6 Å². The van der Waals surface area contributed by atoms with E-state index in [2.05, 4.69) is 59.4 Å². The van der Waals surface area contributed by atoms with Crippen molar-refractivity contribution in [2.45, 2.75) is 57.9 Å². The molecule has 1 aromatic heterocycles. The molecular formula is C37H44N4O2. The number of ketones is 1. The van der Waals surface area contributed by atoms with E-state index in [4.69, 9.17) is 0 Å². The molecule has 0 radical (unpaired) electrons. The molecule has 1 unspecified atom stereocenters. The van der Waals surface area contributed by atoms with Gasteiger partial charge in [-0.15, -0.1) is 0 Å². The number of allylic oxidation sites excluding steroid dienone is 3. The lowest BCUT2D eigenvalue weighted by molar-refractivity contribution is -0.126. The van der Waals surface area contributed by atoms with Gasteiger partial charge in [-0.05, 0) is 97.8 Å². The molecule has 2 aliphatic heterocycles. The molecule has 1 N–H and O–H groups in total. The number of aryl methyl sites for hydroxylation is 1. The van der Waals surface area contributed by atoms with E-state index in [-0.39, 0.29) is 17.4 Å². The number of likely N-dealkylation sites (N-methyl/N-ethyl adjacent to an activating group) is 2. The molecule has 1 atom stereocenters. The van der Waals surface area contributed by atoms with E-state index in [1.807, 2.05) is 43.6 Å². The van der Waals surface area contributed by atoms with E-state index in [1.54, 1.807) is 11.6 Å². The van der Waals surface area contributed by atoms with Gasteiger partial charge in [-0.2, -0.15) is 0 Å². The zero-order chi connectivity index (χ0) is 30.1. The molecule has 6 heteroatoms. The topological polar surface area (TPSA) is 57.6 Å². The zero-order valence-electron chi connectivity index (χ0n) is 26.0. The molecule has 2 fully saturated rings. The fraction of sp³-hybridized carbons (Fsp3) is 0.405. The Hall–Kier alpha value is -3.90. The highest BCUT2D eigenvalue weighted by molar-refractivity contribution is 5.86. The first-order chi connectivity index (χ1) is 20.8. The number of pyridine rings is 1. The predicted molar refractivity (Wildman–Crippen MR) is 176 cm³/mol. The number of benzene rings is 2. The molecule has 0 bridgehead atoms. The first-order valence-corrected chi connectivity index (χ1v) is 15.8. The SMILES string of the molecule is Cc1c(C2=CC=C(C3CCCCC3)N(C)C2)cccc1-c1cc(Nc2ccc(C3C(=O)CCCN3C)cc2)c(=O)n(C)c1. The molecular weight excluding hydrogens is 532 g/mol. The van der Waals surface area contributed by atoms with Crippen LogP contribution in [0.15, 0.2) is 77.4 Å². The quantitative estimate of drug-likeness (QED) is 0.335. The van der Waals surface area contributed by atoms with E-state index < -0.39 is 0 Å². The summed E-state index contributed by atoms with van der Waals surface area (Å²) in [5.74, 6) is 0.956. The Labute approximate surface area is 255 Å². The average molecular weight is 577 g/mol. The number of aromatic nitrogens is 1. The standard InChI is InChI=1S/C37H44N4O2/c1-25-31(28-17-20-34(40(3)23-28)26-10-6-5-7-11-26)12-8-13-32(25)29-22-33(37(43)41(4)24-29)38-30-18-15-27(16-19-30)36-35(42)14-9-21-39(36)2/h8,12-13,15-20,22,24,26,36,38H,5-7,9-11,14,21,23H2,1-4H3. The largest absolute Gasteiger partial charge is 0.373 e. The maximum atomic E-state index is 13.2. The van der Waals surface area contributed by atoms with Crippen molar-refractivity contribution in [1.82, 2.24) is 14.4 Å². The molecule has 0 spiro atoms. The first kappa shape index (κ1) is 29.2. The molecule has 1 saturated heterocycles. The highest BCUT2D eigenvalue weighted by Gasteiger charge is 2.28. The van der Waals surface area contributed by atoms with Crippen LogP contribution >= 0.6 is 0 Å². The van der Waals surface area contributed by atoms with Gasteiger partial charge in [0.2, 0.25) is 0 Å². The molecule has 3 aliphatic rings. The summed E-state index contributed by atoms with van der Waals surface area (Å²) in [6.07, 6.45) is 14.8. The lowest BCUT2D eigenvalue weighted by Crippen LogP contribution is -2.36. The van der Waals surface area contributed by atoms with Crippen LogP contribution in [0.3, 0.4) is 0 Å². The Morgan fingerprint density at radius 2 is 1.60 bits per heavy atom. The summed E-state index contributed by atoms with van der Waals surface area (Å²) in [5.41, 5.74) is 9.66. The number of nitrogens with one attached hydrogen (secondary N) is 1. The minimum absolute atomic E-state index is 0.0826. The molecule has 6 nitrogen and oxygen atoms in total.